The Balaban J connectivity index is 1.99. The molecule has 0 saturated heterocycles. The van der Waals surface area contributed by atoms with E-state index in [1.54, 1.807) is 13.2 Å². The number of furan rings is 1. The standard InChI is InChI=1S/C18H18N2O2S/c1-13(21)14(2)23-18-19-11-17(15-7-4-3-5-8-15)20(18)12-16-9-6-10-22-16/h3-11,14H,12H2,1-2H3. The van der Waals surface area contributed by atoms with E-state index in [0.717, 1.165) is 22.2 Å². The number of ketones is 1. The lowest BCUT2D eigenvalue weighted by atomic mass is 10.2. The van der Waals surface area contributed by atoms with Gasteiger partial charge in [0.15, 0.2) is 5.16 Å². The fraction of sp³-hybridized carbons (Fsp3) is 0.222. The van der Waals surface area contributed by atoms with E-state index in [1.807, 2.05) is 43.5 Å². The summed E-state index contributed by atoms with van der Waals surface area (Å²) in [5.74, 6) is 1.00. The summed E-state index contributed by atoms with van der Waals surface area (Å²) in [6.45, 7) is 4.10. The maximum Gasteiger partial charge on any atom is 0.169 e. The number of imidazole rings is 1. The highest BCUT2D eigenvalue weighted by molar-refractivity contribution is 8.00. The van der Waals surface area contributed by atoms with E-state index < -0.39 is 0 Å². The molecule has 0 aliphatic rings. The average molecular weight is 326 g/mol. The first-order valence-electron chi connectivity index (χ1n) is 7.45. The molecule has 0 N–H and O–H groups in total. The first kappa shape index (κ1) is 15.6. The molecule has 0 spiro atoms. The SMILES string of the molecule is CC(=O)C(C)Sc1ncc(-c2ccccc2)n1Cc1ccco1. The molecule has 1 unspecified atom stereocenters. The molecule has 0 radical (unpaired) electrons. The van der Waals surface area contributed by atoms with E-state index in [2.05, 4.69) is 21.7 Å². The lowest BCUT2D eigenvalue weighted by molar-refractivity contribution is -0.116. The van der Waals surface area contributed by atoms with Crippen LogP contribution in [0.1, 0.15) is 19.6 Å². The second kappa shape index (κ2) is 6.87. The number of aromatic nitrogens is 2. The summed E-state index contributed by atoms with van der Waals surface area (Å²) < 4.78 is 7.58. The first-order chi connectivity index (χ1) is 11.1. The monoisotopic (exact) mass is 326 g/mol. The minimum absolute atomic E-state index is 0.128. The van der Waals surface area contributed by atoms with Crippen LogP contribution in [0.4, 0.5) is 0 Å². The molecular formula is C18H18N2O2S. The summed E-state index contributed by atoms with van der Waals surface area (Å²) in [6, 6.07) is 13.9. The van der Waals surface area contributed by atoms with Gasteiger partial charge in [-0.1, -0.05) is 42.1 Å². The van der Waals surface area contributed by atoms with Crippen molar-refractivity contribution in [3.63, 3.8) is 0 Å². The lowest BCUT2D eigenvalue weighted by Gasteiger charge is -2.12. The van der Waals surface area contributed by atoms with Crippen molar-refractivity contribution in [2.75, 3.05) is 0 Å². The van der Waals surface area contributed by atoms with Gasteiger partial charge in [0.2, 0.25) is 0 Å². The van der Waals surface area contributed by atoms with Crippen LogP contribution < -0.4 is 0 Å². The van der Waals surface area contributed by atoms with E-state index in [9.17, 15) is 4.79 Å². The van der Waals surface area contributed by atoms with Crippen LogP contribution >= 0.6 is 11.8 Å². The number of Topliss-reactive ketones (excluding diaryl/α,β-unsaturated/α-hetero) is 1. The number of hydrogen-bond donors (Lipinski definition) is 0. The van der Waals surface area contributed by atoms with Gasteiger partial charge in [0, 0.05) is 0 Å². The second-order valence-electron chi connectivity index (χ2n) is 5.33. The van der Waals surface area contributed by atoms with Crippen molar-refractivity contribution in [3.8, 4) is 11.3 Å². The van der Waals surface area contributed by atoms with Crippen molar-refractivity contribution in [1.29, 1.82) is 0 Å². The minimum atomic E-state index is -0.128. The van der Waals surface area contributed by atoms with Gasteiger partial charge in [-0.3, -0.25) is 4.79 Å². The third kappa shape index (κ3) is 3.56. The summed E-state index contributed by atoms with van der Waals surface area (Å²) in [6.07, 6.45) is 3.52. The van der Waals surface area contributed by atoms with Crippen molar-refractivity contribution in [2.45, 2.75) is 30.8 Å². The number of benzene rings is 1. The molecule has 2 heterocycles. The summed E-state index contributed by atoms with van der Waals surface area (Å²) in [5.41, 5.74) is 2.11. The number of hydrogen-bond acceptors (Lipinski definition) is 4. The van der Waals surface area contributed by atoms with Crippen LogP contribution in [-0.2, 0) is 11.3 Å². The number of carbonyl (C=O) groups excluding carboxylic acids is 1. The number of thioether (sulfide) groups is 1. The third-order valence-corrected chi connectivity index (χ3v) is 4.86. The minimum Gasteiger partial charge on any atom is -0.467 e. The van der Waals surface area contributed by atoms with Crippen LogP contribution in [0.25, 0.3) is 11.3 Å². The number of carbonyl (C=O) groups is 1. The molecule has 5 heteroatoms. The largest absolute Gasteiger partial charge is 0.467 e. The van der Waals surface area contributed by atoms with Gasteiger partial charge in [-0.15, -0.1) is 0 Å². The Morgan fingerprint density at radius 2 is 2.04 bits per heavy atom. The smallest absolute Gasteiger partial charge is 0.169 e. The molecule has 23 heavy (non-hydrogen) atoms. The zero-order valence-corrected chi connectivity index (χ0v) is 13.9. The Labute approximate surface area is 139 Å². The predicted octanol–water partition coefficient (Wildman–Crippen LogP) is 4.26. The Bertz CT molecular complexity index is 779. The van der Waals surface area contributed by atoms with Gasteiger partial charge in [0.1, 0.15) is 11.5 Å². The van der Waals surface area contributed by atoms with Crippen molar-refractivity contribution in [3.05, 3.63) is 60.7 Å². The van der Waals surface area contributed by atoms with Crippen LogP contribution in [-0.4, -0.2) is 20.6 Å². The molecule has 0 fully saturated rings. The quantitative estimate of drug-likeness (QED) is 0.635. The molecule has 0 aliphatic carbocycles. The molecule has 2 aromatic heterocycles. The molecule has 1 atom stereocenters. The van der Waals surface area contributed by atoms with Gasteiger partial charge in [-0.05, 0) is 31.5 Å². The van der Waals surface area contributed by atoms with E-state index in [4.69, 9.17) is 4.42 Å². The fourth-order valence-corrected chi connectivity index (χ4v) is 3.13. The molecular weight excluding hydrogens is 308 g/mol. The van der Waals surface area contributed by atoms with E-state index >= 15 is 0 Å². The van der Waals surface area contributed by atoms with Crippen molar-refractivity contribution < 1.29 is 9.21 Å². The highest BCUT2D eigenvalue weighted by Crippen LogP contribution is 2.29. The third-order valence-electron chi connectivity index (χ3n) is 3.64. The molecule has 0 bridgehead atoms. The average Bonchev–Trinajstić information content (AvgIpc) is 3.19. The molecule has 0 amide bonds. The molecule has 1 aromatic carbocycles. The Hall–Kier alpha value is -2.27. The Kier molecular flexibility index (Phi) is 4.67. The molecule has 118 valence electrons. The zero-order valence-electron chi connectivity index (χ0n) is 13.1. The van der Waals surface area contributed by atoms with Gasteiger partial charge < -0.3 is 8.98 Å². The summed E-state index contributed by atoms with van der Waals surface area (Å²) in [7, 11) is 0. The Morgan fingerprint density at radius 3 is 2.70 bits per heavy atom. The van der Waals surface area contributed by atoms with Gasteiger partial charge in [-0.25, -0.2) is 4.98 Å². The summed E-state index contributed by atoms with van der Waals surface area (Å²) in [5, 5.41) is 0.694. The van der Waals surface area contributed by atoms with Crippen molar-refractivity contribution >= 4 is 17.5 Å². The maximum absolute atomic E-state index is 11.6. The maximum atomic E-state index is 11.6. The highest BCUT2D eigenvalue weighted by Gasteiger charge is 2.18. The molecule has 3 aromatic rings. The zero-order chi connectivity index (χ0) is 16.2. The molecule has 4 nitrogen and oxygen atoms in total. The van der Waals surface area contributed by atoms with Crippen LogP contribution in [0.5, 0.6) is 0 Å². The van der Waals surface area contributed by atoms with Crippen LogP contribution in [0, 0.1) is 0 Å². The van der Waals surface area contributed by atoms with Crippen LogP contribution in [0.2, 0.25) is 0 Å². The fourth-order valence-electron chi connectivity index (χ4n) is 2.24. The van der Waals surface area contributed by atoms with Gasteiger partial charge in [-0.2, -0.15) is 0 Å². The van der Waals surface area contributed by atoms with Crippen molar-refractivity contribution in [1.82, 2.24) is 9.55 Å². The number of rotatable bonds is 6. The number of nitrogens with zero attached hydrogens (tertiary/aromatic N) is 2. The van der Waals surface area contributed by atoms with Gasteiger partial charge in [0.05, 0.1) is 29.9 Å². The van der Waals surface area contributed by atoms with E-state index in [-0.39, 0.29) is 11.0 Å². The van der Waals surface area contributed by atoms with Gasteiger partial charge in [0.25, 0.3) is 0 Å². The molecule has 0 aliphatic heterocycles. The van der Waals surface area contributed by atoms with Crippen molar-refractivity contribution in [2.24, 2.45) is 0 Å². The van der Waals surface area contributed by atoms with Crippen LogP contribution in [0.15, 0.2) is 64.5 Å². The predicted molar refractivity (Wildman–Crippen MR) is 91.5 cm³/mol. The normalized spacial score (nSPS) is 12.3. The second-order valence-corrected chi connectivity index (χ2v) is 6.64. The van der Waals surface area contributed by atoms with Crippen LogP contribution in [0.3, 0.4) is 0 Å². The topological polar surface area (TPSA) is 48.0 Å². The van der Waals surface area contributed by atoms with E-state index in [0.29, 0.717) is 6.54 Å². The highest BCUT2D eigenvalue weighted by atomic mass is 32.2. The first-order valence-corrected chi connectivity index (χ1v) is 8.33. The molecule has 3 rings (SSSR count). The van der Waals surface area contributed by atoms with Gasteiger partial charge >= 0.3 is 0 Å². The lowest BCUT2D eigenvalue weighted by Crippen LogP contribution is -2.11. The summed E-state index contributed by atoms with van der Waals surface area (Å²) >= 11 is 1.48. The summed E-state index contributed by atoms with van der Waals surface area (Å²) in [4.78, 5) is 16.1. The van der Waals surface area contributed by atoms with E-state index in [1.165, 1.54) is 11.8 Å². The molecule has 0 saturated carbocycles. The Morgan fingerprint density at radius 1 is 1.26 bits per heavy atom.